The van der Waals surface area contributed by atoms with E-state index in [0.29, 0.717) is 29.8 Å². The van der Waals surface area contributed by atoms with Crippen molar-refractivity contribution >= 4 is 11.9 Å². The largest absolute Gasteiger partial charge is 0.340 e. The SMILES string of the molecule is CC1(C)C2CCC1(C)C(NC(=O)N1CCC(N3CCCC3=O)CC1)C2. The molecule has 2 aliphatic heterocycles. The summed E-state index contributed by atoms with van der Waals surface area (Å²) in [4.78, 5) is 28.8. The summed E-state index contributed by atoms with van der Waals surface area (Å²) in [6.45, 7) is 9.60. The van der Waals surface area contributed by atoms with E-state index < -0.39 is 0 Å². The number of piperidine rings is 1. The number of fused-ring (bicyclic) bond motifs is 2. The van der Waals surface area contributed by atoms with Gasteiger partial charge in [0.2, 0.25) is 5.91 Å². The number of nitrogens with zero attached hydrogens (tertiary/aromatic N) is 2. The van der Waals surface area contributed by atoms with Crippen LogP contribution in [0, 0.1) is 16.7 Å². The highest BCUT2D eigenvalue weighted by atomic mass is 16.2. The minimum atomic E-state index is 0.112. The van der Waals surface area contributed by atoms with Crippen LogP contribution in [0.2, 0.25) is 0 Å². The maximum Gasteiger partial charge on any atom is 0.317 e. The third-order valence-corrected chi connectivity index (χ3v) is 8.39. The quantitative estimate of drug-likeness (QED) is 0.835. The fourth-order valence-electron chi connectivity index (χ4n) is 6.10. The summed E-state index contributed by atoms with van der Waals surface area (Å²) < 4.78 is 0. The topological polar surface area (TPSA) is 52.7 Å². The van der Waals surface area contributed by atoms with Gasteiger partial charge in [0.05, 0.1) is 0 Å². The Balaban J connectivity index is 1.32. The predicted molar refractivity (Wildman–Crippen MR) is 97.1 cm³/mol. The first-order valence-corrected chi connectivity index (χ1v) is 10.2. The molecule has 2 saturated heterocycles. The Morgan fingerprint density at radius 2 is 1.84 bits per heavy atom. The molecule has 3 atom stereocenters. The van der Waals surface area contributed by atoms with Crippen LogP contribution in [-0.4, -0.2) is 53.5 Å². The van der Waals surface area contributed by atoms with Crippen LogP contribution in [0.4, 0.5) is 4.79 Å². The minimum absolute atomic E-state index is 0.112. The second kappa shape index (κ2) is 5.88. The molecule has 0 aromatic rings. The molecule has 0 aromatic heterocycles. The summed E-state index contributed by atoms with van der Waals surface area (Å²) >= 11 is 0. The van der Waals surface area contributed by atoms with Crippen molar-refractivity contribution in [2.45, 2.75) is 77.8 Å². The molecule has 4 fully saturated rings. The predicted octanol–water partition coefficient (Wildman–Crippen LogP) is 3.00. The molecule has 0 aromatic carbocycles. The Labute approximate surface area is 151 Å². The molecule has 4 rings (SSSR count). The van der Waals surface area contributed by atoms with Crippen molar-refractivity contribution in [2.24, 2.45) is 16.7 Å². The average Bonchev–Trinajstić information content (AvgIpc) is 3.16. The molecule has 4 aliphatic rings. The molecule has 2 bridgehead atoms. The zero-order valence-electron chi connectivity index (χ0n) is 16.0. The molecule has 2 saturated carbocycles. The van der Waals surface area contributed by atoms with Crippen LogP contribution in [0.15, 0.2) is 0 Å². The molecular weight excluding hydrogens is 314 g/mol. The molecule has 25 heavy (non-hydrogen) atoms. The van der Waals surface area contributed by atoms with Gasteiger partial charge in [-0.2, -0.15) is 0 Å². The lowest BCUT2D eigenvalue weighted by atomic mass is 9.69. The number of carbonyl (C=O) groups excluding carboxylic acids is 2. The van der Waals surface area contributed by atoms with E-state index in [9.17, 15) is 9.59 Å². The van der Waals surface area contributed by atoms with Gasteiger partial charge in [0.25, 0.3) is 0 Å². The van der Waals surface area contributed by atoms with Crippen LogP contribution in [0.3, 0.4) is 0 Å². The van der Waals surface area contributed by atoms with Gasteiger partial charge >= 0.3 is 6.03 Å². The second-order valence-corrected chi connectivity index (χ2v) is 9.52. The van der Waals surface area contributed by atoms with Crippen LogP contribution >= 0.6 is 0 Å². The molecule has 2 heterocycles. The van der Waals surface area contributed by atoms with E-state index in [2.05, 4.69) is 31.0 Å². The van der Waals surface area contributed by atoms with Gasteiger partial charge in [-0.3, -0.25) is 4.79 Å². The normalized spacial score (nSPS) is 37.8. The number of hydrogen-bond donors (Lipinski definition) is 1. The van der Waals surface area contributed by atoms with Crippen molar-refractivity contribution in [3.05, 3.63) is 0 Å². The van der Waals surface area contributed by atoms with Crippen LogP contribution in [0.5, 0.6) is 0 Å². The Morgan fingerprint density at radius 1 is 1.12 bits per heavy atom. The molecule has 5 nitrogen and oxygen atoms in total. The average molecular weight is 348 g/mol. The summed E-state index contributed by atoms with van der Waals surface area (Å²) in [5.41, 5.74) is 0.557. The summed E-state index contributed by atoms with van der Waals surface area (Å²) in [5, 5.41) is 3.38. The van der Waals surface area contributed by atoms with Crippen molar-refractivity contribution < 1.29 is 9.59 Å². The molecular formula is C20H33N3O2. The van der Waals surface area contributed by atoms with Gasteiger partial charge in [0.1, 0.15) is 0 Å². The van der Waals surface area contributed by atoms with Gasteiger partial charge in [-0.25, -0.2) is 4.79 Å². The van der Waals surface area contributed by atoms with E-state index in [1.807, 2.05) is 4.90 Å². The zero-order valence-corrected chi connectivity index (χ0v) is 16.0. The van der Waals surface area contributed by atoms with Gasteiger partial charge in [0.15, 0.2) is 0 Å². The van der Waals surface area contributed by atoms with Crippen molar-refractivity contribution in [1.29, 1.82) is 0 Å². The van der Waals surface area contributed by atoms with E-state index in [4.69, 9.17) is 0 Å². The minimum Gasteiger partial charge on any atom is -0.340 e. The lowest BCUT2D eigenvalue weighted by Gasteiger charge is -2.41. The van der Waals surface area contributed by atoms with Crippen molar-refractivity contribution in [3.63, 3.8) is 0 Å². The summed E-state index contributed by atoms with van der Waals surface area (Å²) in [6.07, 6.45) is 7.23. The first-order valence-electron chi connectivity index (χ1n) is 10.2. The van der Waals surface area contributed by atoms with Crippen LogP contribution < -0.4 is 5.32 Å². The zero-order chi connectivity index (χ0) is 17.8. The molecule has 3 amide bonds. The number of nitrogens with one attached hydrogen (secondary N) is 1. The van der Waals surface area contributed by atoms with Crippen molar-refractivity contribution in [1.82, 2.24) is 15.1 Å². The maximum atomic E-state index is 12.8. The maximum absolute atomic E-state index is 12.8. The van der Waals surface area contributed by atoms with Crippen LogP contribution in [-0.2, 0) is 4.79 Å². The molecule has 1 N–H and O–H groups in total. The molecule has 5 heteroatoms. The van der Waals surface area contributed by atoms with E-state index in [0.717, 1.165) is 51.2 Å². The number of hydrogen-bond acceptors (Lipinski definition) is 2. The Bertz CT molecular complexity index is 567. The Hall–Kier alpha value is -1.26. The van der Waals surface area contributed by atoms with E-state index in [1.54, 1.807) is 0 Å². The molecule has 2 aliphatic carbocycles. The smallest absolute Gasteiger partial charge is 0.317 e. The third kappa shape index (κ3) is 2.57. The molecule has 3 unspecified atom stereocenters. The van der Waals surface area contributed by atoms with Gasteiger partial charge in [-0.15, -0.1) is 0 Å². The highest BCUT2D eigenvalue weighted by Gasteiger charge is 2.61. The van der Waals surface area contributed by atoms with Crippen LogP contribution in [0.25, 0.3) is 0 Å². The monoisotopic (exact) mass is 347 g/mol. The number of amides is 3. The fourth-order valence-corrected chi connectivity index (χ4v) is 6.10. The fraction of sp³-hybridized carbons (Fsp3) is 0.900. The molecule has 0 spiro atoms. The molecule has 0 radical (unpaired) electrons. The van der Waals surface area contributed by atoms with E-state index in [-0.39, 0.29) is 11.4 Å². The van der Waals surface area contributed by atoms with Gasteiger partial charge in [-0.1, -0.05) is 20.8 Å². The number of rotatable bonds is 2. The highest BCUT2D eigenvalue weighted by molar-refractivity contribution is 5.78. The Morgan fingerprint density at radius 3 is 2.36 bits per heavy atom. The first kappa shape index (κ1) is 17.2. The van der Waals surface area contributed by atoms with E-state index in [1.165, 1.54) is 12.8 Å². The summed E-state index contributed by atoms with van der Waals surface area (Å²) in [5.74, 6) is 1.05. The van der Waals surface area contributed by atoms with Gasteiger partial charge < -0.3 is 15.1 Å². The summed E-state index contributed by atoms with van der Waals surface area (Å²) in [7, 11) is 0. The third-order valence-electron chi connectivity index (χ3n) is 8.39. The number of carbonyl (C=O) groups is 2. The van der Waals surface area contributed by atoms with E-state index >= 15 is 0 Å². The first-order chi connectivity index (χ1) is 11.8. The second-order valence-electron chi connectivity index (χ2n) is 9.52. The van der Waals surface area contributed by atoms with Gasteiger partial charge in [-0.05, 0) is 55.3 Å². The Kier molecular flexibility index (Phi) is 4.04. The van der Waals surface area contributed by atoms with Crippen molar-refractivity contribution in [2.75, 3.05) is 19.6 Å². The van der Waals surface area contributed by atoms with Crippen molar-refractivity contribution in [3.8, 4) is 0 Å². The van der Waals surface area contributed by atoms with Gasteiger partial charge in [0, 0.05) is 38.1 Å². The number of urea groups is 1. The lowest BCUT2D eigenvalue weighted by Crippen LogP contribution is -2.54. The summed E-state index contributed by atoms with van der Waals surface area (Å²) in [6, 6.07) is 0.769. The lowest BCUT2D eigenvalue weighted by molar-refractivity contribution is -0.130. The molecule has 140 valence electrons. The highest BCUT2D eigenvalue weighted by Crippen LogP contribution is 2.65. The number of likely N-dealkylation sites (tertiary alicyclic amines) is 2. The van der Waals surface area contributed by atoms with Crippen LogP contribution in [0.1, 0.15) is 65.7 Å². The standard InChI is InChI=1S/C20H33N3O2/c1-19(2)14-6-9-20(19,3)16(13-14)21-18(25)22-11-7-15(8-12-22)23-10-4-5-17(23)24/h14-16H,4-13H2,1-3H3,(H,21,25).